The molecular formula is C25H24N2O5S. The summed E-state index contributed by atoms with van der Waals surface area (Å²) in [6, 6.07) is 13.0. The van der Waals surface area contributed by atoms with E-state index in [2.05, 4.69) is 10.3 Å². The number of aromatic nitrogens is 1. The normalized spacial score (nSPS) is 10.7. The monoisotopic (exact) mass is 464 g/mol. The molecule has 0 aliphatic carbocycles. The van der Waals surface area contributed by atoms with Gasteiger partial charge >= 0.3 is 0 Å². The predicted molar refractivity (Wildman–Crippen MR) is 129 cm³/mol. The molecule has 4 rings (SSSR count). The second-order valence-electron chi connectivity index (χ2n) is 7.16. The van der Waals surface area contributed by atoms with E-state index < -0.39 is 0 Å². The summed E-state index contributed by atoms with van der Waals surface area (Å²) in [5.74, 6) is 2.19. The number of hydrogen-bond donors (Lipinski definition) is 1. The Labute approximate surface area is 195 Å². The van der Waals surface area contributed by atoms with Gasteiger partial charge in [0, 0.05) is 29.8 Å². The van der Waals surface area contributed by atoms with Crippen LogP contribution in [0.4, 0.5) is 5.69 Å². The molecule has 0 saturated heterocycles. The summed E-state index contributed by atoms with van der Waals surface area (Å²) < 4.78 is 21.9. The molecule has 0 unspecified atom stereocenters. The fourth-order valence-electron chi connectivity index (χ4n) is 3.66. The highest BCUT2D eigenvalue weighted by Gasteiger charge is 2.17. The number of fused-ring (bicyclic) bond motifs is 1. The molecule has 0 fully saturated rings. The molecule has 0 spiro atoms. The number of ether oxygens (including phenoxy) is 4. The Morgan fingerprint density at radius 1 is 0.909 bits per heavy atom. The number of hydrogen-bond acceptors (Lipinski definition) is 7. The number of nitrogens with one attached hydrogen (secondary N) is 1. The maximum Gasteiger partial charge on any atom is 0.265 e. The lowest BCUT2D eigenvalue weighted by Gasteiger charge is -2.16. The SMILES string of the molecule is COc1cc(Cc2nccc3cc(OC)c(OC)cc23)c(NC(=O)c2cccs2)cc1OC. The number of pyridine rings is 1. The maximum atomic E-state index is 12.8. The summed E-state index contributed by atoms with van der Waals surface area (Å²) in [5.41, 5.74) is 2.30. The number of benzene rings is 2. The number of nitrogens with zero attached hydrogens (tertiary/aromatic N) is 1. The summed E-state index contributed by atoms with van der Waals surface area (Å²) in [6.45, 7) is 0. The van der Waals surface area contributed by atoms with Crippen LogP contribution < -0.4 is 24.3 Å². The van der Waals surface area contributed by atoms with Gasteiger partial charge in [0.15, 0.2) is 23.0 Å². The smallest absolute Gasteiger partial charge is 0.265 e. The van der Waals surface area contributed by atoms with Crippen molar-refractivity contribution in [1.29, 1.82) is 0 Å². The number of methoxy groups -OCH3 is 4. The van der Waals surface area contributed by atoms with E-state index in [1.807, 2.05) is 35.7 Å². The molecule has 2 heterocycles. The van der Waals surface area contributed by atoms with Crippen molar-refractivity contribution in [3.63, 3.8) is 0 Å². The van der Waals surface area contributed by atoms with Gasteiger partial charge in [-0.2, -0.15) is 0 Å². The minimum absolute atomic E-state index is 0.184. The largest absolute Gasteiger partial charge is 0.493 e. The Kier molecular flexibility index (Phi) is 6.65. The molecule has 4 aromatic rings. The van der Waals surface area contributed by atoms with Crippen LogP contribution in [0.1, 0.15) is 20.9 Å². The Morgan fingerprint density at radius 3 is 2.24 bits per heavy atom. The van der Waals surface area contributed by atoms with Gasteiger partial charge < -0.3 is 24.3 Å². The van der Waals surface area contributed by atoms with E-state index in [9.17, 15) is 4.79 Å². The van der Waals surface area contributed by atoms with Gasteiger partial charge in [-0.05, 0) is 46.7 Å². The maximum absolute atomic E-state index is 12.8. The third-order valence-electron chi connectivity index (χ3n) is 5.31. The third kappa shape index (κ3) is 4.56. The average Bonchev–Trinajstić information content (AvgIpc) is 3.39. The summed E-state index contributed by atoms with van der Waals surface area (Å²) in [7, 11) is 6.36. The van der Waals surface area contributed by atoms with E-state index in [-0.39, 0.29) is 5.91 Å². The molecule has 0 atom stereocenters. The van der Waals surface area contributed by atoms with Crippen LogP contribution in [0.25, 0.3) is 10.8 Å². The van der Waals surface area contributed by atoms with Crippen molar-refractivity contribution in [3.8, 4) is 23.0 Å². The van der Waals surface area contributed by atoms with Crippen molar-refractivity contribution in [2.24, 2.45) is 0 Å². The summed E-state index contributed by atoms with van der Waals surface area (Å²) in [4.78, 5) is 18.0. The van der Waals surface area contributed by atoms with Crippen molar-refractivity contribution in [3.05, 3.63) is 70.2 Å². The topological polar surface area (TPSA) is 78.9 Å². The lowest BCUT2D eigenvalue weighted by Crippen LogP contribution is -2.12. The number of carbonyl (C=O) groups is 1. The summed E-state index contributed by atoms with van der Waals surface area (Å²) in [6.07, 6.45) is 2.21. The van der Waals surface area contributed by atoms with Gasteiger partial charge in [-0.3, -0.25) is 9.78 Å². The Bertz CT molecular complexity index is 1290. The molecule has 0 saturated carbocycles. The fourth-order valence-corrected chi connectivity index (χ4v) is 4.28. The standard InChI is InChI=1S/C25H24N2O5S/c1-29-20-11-15-7-8-26-19(17(15)13-22(20)31-3)10-16-12-21(30-2)23(32-4)14-18(16)27-25(28)24-6-5-9-33-24/h5-9,11-14H,10H2,1-4H3,(H,27,28). The van der Waals surface area contributed by atoms with Gasteiger partial charge in [-0.1, -0.05) is 6.07 Å². The molecular weight excluding hydrogens is 440 g/mol. The van der Waals surface area contributed by atoms with Crippen LogP contribution in [0.5, 0.6) is 23.0 Å². The number of anilines is 1. The van der Waals surface area contributed by atoms with E-state index in [4.69, 9.17) is 18.9 Å². The summed E-state index contributed by atoms with van der Waals surface area (Å²) in [5, 5.41) is 6.78. The molecule has 1 N–H and O–H groups in total. The highest BCUT2D eigenvalue weighted by atomic mass is 32.1. The van der Waals surface area contributed by atoms with Crippen molar-refractivity contribution in [2.75, 3.05) is 33.8 Å². The van der Waals surface area contributed by atoms with Gasteiger partial charge in [-0.15, -0.1) is 11.3 Å². The minimum Gasteiger partial charge on any atom is -0.493 e. The van der Waals surface area contributed by atoms with Crippen molar-refractivity contribution >= 4 is 33.7 Å². The Morgan fingerprint density at radius 2 is 1.58 bits per heavy atom. The first-order valence-corrected chi connectivity index (χ1v) is 11.0. The van der Waals surface area contributed by atoms with Crippen LogP contribution in [0, 0.1) is 0 Å². The lowest BCUT2D eigenvalue weighted by atomic mass is 10.0. The summed E-state index contributed by atoms with van der Waals surface area (Å²) >= 11 is 1.38. The van der Waals surface area contributed by atoms with E-state index in [1.165, 1.54) is 11.3 Å². The Balaban J connectivity index is 1.79. The molecule has 0 radical (unpaired) electrons. The highest BCUT2D eigenvalue weighted by Crippen LogP contribution is 2.37. The zero-order valence-electron chi connectivity index (χ0n) is 18.8. The molecule has 0 aliphatic heterocycles. The number of thiophene rings is 1. The first-order valence-electron chi connectivity index (χ1n) is 10.2. The molecule has 8 heteroatoms. The molecule has 33 heavy (non-hydrogen) atoms. The van der Waals surface area contributed by atoms with Crippen molar-refractivity contribution in [1.82, 2.24) is 4.98 Å². The quantitative estimate of drug-likeness (QED) is 0.387. The average molecular weight is 465 g/mol. The predicted octanol–water partition coefficient (Wildman–Crippen LogP) is 5.17. The molecule has 1 amide bonds. The van der Waals surface area contributed by atoms with Gasteiger partial charge in [0.2, 0.25) is 0 Å². The third-order valence-corrected chi connectivity index (χ3v) is 6.18. The number of amides is 1. The fraction of sp³-hybridized carbons (Fsp3) is 0.200. The van der Waals surface area contributed by atoms with E-state index >= 15 is 0 Å². The molecule has 170 valence electrons. The van der Waals surface area contributed by atoms with Crippen LogP contribution in [0.3, 0.4) is 0 Å². The molecule has 2 aromatic carbocycles. The molecule has 7 nitrogen and oxygen atoms in total. The Hall–Kier alpha value is -3.78. The van der Waals surface area contributed by atoms with Gasteiger partial charge in [-0.25, -0.2) is 0 Å². The van der Waals surface area contributed by atoms with Crippen molar-refractivity contribution < 1.29 is 23.7 Å². The van der Waals surface area contributed by atoms with Crippen molar-refractivity contribution in [2.45, 2.75) is 6.42 Å². The van der Waals surface area contributed by atoms with Crippen LogP contribution in [-0.4, -0.2) is 39.3 Å². The zero-order valence-corrected chi connectivity index (χ0v) is 19.6. The zero-order chi connectivity index (χ0) is 23.4. The van der Waals surface area contributed by atoms with Gasteiger partial charge in [0.25, 0.3) is 5.91 Å². The highest BCUT2D eigenvalue weighted by molar-refractivity contribution is 7.12. The van der Waals surface area contributed by atoms with E-state index in [0.717, 1.165) is 22.0 Å². The van der Waals surface area contributed by atoms with E-state index in [0.29, 0.717) is 40.0 Å². The van der Waals surface area contributed by atoms with Crippen LogP contribution in [0.15, 0.2) is 54.0 Å². The van der Waals surface area contributed by atoms with E-state index in [1.54, 1.807) is 46.8 Å². The second-order valence-corrected chi connectivity index (χ2v) is 8.11. The van der Waals surface area contributed by atoms with Crippen LogP contribution in [-0.2, 0) is 6.42 Å². The van der Waals surface area contributed by atoms with Crippen LogP contribution >= 0.6 is 11.3 Å². The van der Waals surface area contributed by atoms with Gasteiger partial charge in [0.05, 0.1) is 39.0 Å². The first-order chi connectivity index (χ1) is 16.1. The van der Waals surface area contributed by atoms with Gasteiger partial charge in [0.1, 0.15) is 0 Å². The number of rotatable bonds is 8. The molecule has 0 aliphatic rings. The first kappa shape index (κ1) is 22.4. The molecule has 0 bridgehead atoms. The lowest BCUT2D eigenvalue weighted by molar-refractivity contribution is 0.103. The number of carbonyl (C=O) groups excluding carboxylic acids is 1. The second kappa shape index (κ2) is 9.79. The minimum atomic E-state index is -0.184. The van der Waals surface area contributed by atoms with Crippen LogP contribution in [0.2, 0.25) is 0 Å². The molecule has 2 aromatic heterocycles.